The number of aryl methyl sites for hydroxylation is 1. The van der Waals surface area contributed by atoms with Crippen LogP contribution in [0.25, 0.3) is 11.5 Å². The van der Waals surface area contributed by atoms with Gasteiger partial charge in [-0.2, -0.15) is 14.6 Å². The fourth-order valence-electron chi connectivity index (χ4n) is 3.50. The van der Waals surface area contributed by atoms with E-state index in [2.05, 4.69) is 14.9 Å². The molecular formula is C22H23N5O3S. The van der Waals surface area contributed by atoms with E-state index in [1.54, 1.807) is 18.3 Å². The number of oxazole rings is 1. The third-order valence-electron chi connectivity index (χ3n) is 5.32. The Morgan fingerprint density at radius 2 is 1.84 bits per heavy atom. The van der Waals surface area contributed by atoms with Crippen molar-refractivity contribution < 1.29 is 12.8 Å². The molecule has 8 nitrogen and oxygen atoms in total. The Kier molecular flexibility index (Phi) is 6.13. The van der Waals surface area contributed by atoms with Gasteiger partial charge in [-0.3, -0.25) is 4.98 Å². The van der Waals surface area contributed by atoms with Crippen LogP contribution in [0.2, 0.25) is 0 Å². The molecule has 2 aromatic heterocycles. The molecule has 0 bridgehead atoms. The summed E-state index contributed by atoms with van der Waals surface area (Å²) < 4.78 is 33.3. The number of rotatable bonds is 6. The van der Waals surface area contributed by atoms with Crippen LogP contribution in [0, 0.1) is 18.3 Å². The smallest absolute Gasteiger partial charge is 0.279 e. The number of hydrogen-bond acceptors (Lipinski definition) is 7. The fraction of sp³-hybridized carbons (Fsp3) is 0.318. The second-order valence-electron chi connectivity index (χ2n) is 7.45. The summed E-state index contributed by atoms with van der Waals surface area (Å²) in [5.41, 5.74) is 2.49. The van der Waals surface area contributed by atoms with Crippen LogP contribution < -0.4 is 0 Å². The molecular weight excluding hydrogens is 414 g/mol. The normalized spacial score (nSPS) is 15.6. The first kappa shape index (κ1) is 21.2. The number of sulfonamides is 1. The molecule has 4 rings (SSSR count). The lowest BCUT2D eigenvalue weighted by Crippen LogP contribution is -2.49. The average molecular weight is 438 g/mol. The minimum absolute atomic E-state index is 0.129. The lowest BCUT2D eigenvalue weighted by molar-refractivity contribution is 0.188. The van der Waals surface area contributed by atoms with Gasteiger partial charge in [-0.1, -0.05) is 23.8 Å². The highest BCUT2D eigenvalue weighted by Crippen LogP contribution is 2.28. The first-order valence-electron chi connectivity index (χ1n) is 10.1. The van der Waals surface area contributed by atoms with Crippen LogP contribution >= 0.6 is 0 Å². The molecule has 31 heavy (non-hydrogen) atoms. The SMILES string of the molecule is Cc1ccc(-c2nc(C#N)c(S(=O)(=O)N3CCN(CCc4ccccn4)CC3)o2)cc1. The third-order valence-corrected chi connectivity index (χ3v) is 7.11. The van der Waals surface area contributed by atoms with E-state index in [0.29, 0.717) is 31.7 Å². The Morgan fingerprint density at radius 3 is 2.48 bits per heavy atom. The van der Waals surface area contributed by atoms with Gasteiger partial charge in [-0.15, -0.1) is 0 Å². The maximum atomic E-state index is 13.2. The van der Waals surface area contributed by atoms with Crippen molar-refractivity contribution in [2.75, 3.05) is 32.7 Å². The predicted molar refractivity (Wildman–Crippen MR) is 115 cm³/mol. The number of piperazine rings is 1. The molecule has 1 aromatic carbocycles. The Labute approximate surface area is 181 Å². The Bertz CT molecular complexity index is 1180. The van der Waals surface area contributed by atoms with Crippen LogP contribution in [0.3, 0.4) is 0 Å². The number of nitrogens with zero attached hydrogens (tertiary/aromatic N) is 5. The number of aromatic nitrogens is 2. The second kappa shape index (κ2) is 8.98. The van der Waals surface area contributed by atoms with Gasteiger partial charge in [0, 0.05) is 56.6 Å². The summed E-state index contributed by atoms with van der Waals surface area (Å²) in [4.78, 5) is 10.7. The molecule has 0 amide bonds. The molecule has 0 N–H and O–H groups in total. The van der Waals surface area contributed by atoms with Crippen LogP contribution in [0.5, 0.6) is 0 Å². The van der Waals surface area contributed by atoms with Gasteiger partial charge in [0.2, 0.25) is 5.89 Å². The van der Waals surface area contributed by atoms with E-state index in [1.807, 2.05) is 43.3 Å². The standard InChI is InChI=1S/C22H23N5O3S/c1-17-5-7-18(8-6-17)21-25-20(16-23)22(30-21)31(28,29)27-14-12-26(13-15-27)11-9-19-4-2-3-10-24-19/h2-8,10H,9,11-15H2,1H3. The highest BCUT2D eigenvalue weighted by Gasteiger charge is 2.35. The zero-order valence-corrected chi connectivity index (χ0v) is 18.0. The van der Waals surface area contributed by atoms with Crippen molar-refractivity contribution in [3.8, 4) is 17.5 Å². The topological polar surface area (TPSA) is 103 Å². The largest absolute Gasteiger partial charge is 0.422 e. The van der Waals surface area contributed by atoms with Crippen molar-refractivity contribution in [2.45, 2.75) is 18.4 Å². The van der Waals surface area contributed by atoms with E-state index in [9.17, 15) is 13.7 Å². The molecule has 0 spiro atoms. The molecule has 3 heterocycles. The van der Waals surface area contributed by atoms with Crippen molar-refractivity contribution >= 4 is 10.0 Å². The van der Waals surface area contributed by atoms with Gasteiger partial charge in [-0.25, -0.2) is 8.42 Å². The van der Waals surface area contributed by atoms with Gasteiger partial charge in [0.05, 0.1) is 0 Å². The van der Waals surface area contributed by atoms with Gasteiger partial charge in [0.25, 0.3) is 15.1 Å². The summed E-state index contributed by atoms with van der Waals surface area (Å²) >= 11 is 0. The first-order chi connectivity index (χ1) is 15.0. The third kappa shape index (κ3) is 4.66. The van der Waals surface area contributed by atoms with Crippen LogP contribution in [0.1, 0.15) is 17.0 Å². The maximum Gasteiger partial charge on any atom is 0.279 e. The van der Waals surface area contributed by atoms with Crippen molar-refractivity contribution in [3.63, 3.8) is 0 Å². The summed E-state index contributed by atoms with van der Waals surface area (Å²) in [7, 11) is -3.95. The second-order valence-corrected chi connectivity index (χ2v) is 9.29. The molecule has 0 atom stereocenters. The van der Waals surface area contributed by atoms with Crippen LogP contribution in [-0.4, -0.2) is 60.3 Å². The Morgan fingerprint density at radius 1 is 1.10 bits per heavy atom. The van der Waals surface area contributed by atoms with Gasteiger partial charge in [0.15, 0.2) is 5.69 Å². The highest BCUT2D eigenvalue weighted by atomic mass is 32.2. The Balaban J connectivity index is 1.45. The first-order valence-corrected chi connectivity index (χ1v) is 11.5. The minimum Gasteiger partial charge on any atom is -0.422 e. The number of hydrogen-bond donors (Lipinski definition) is 0. The molecule has 160 valence electrons. The number of pyridine rings is 1. The molecule has 3 aromatic rings. The summed E-state index contributed by atoms with van der Waals surface area (Å²) in [6, 6.07) is 15.0. The molecule has 1 aliphatic rings. The summed E-state index contributed by atoms with van der Waals surface area (Å²) in [5, 5.41) is 9.05. The van der Waals surface area contributed by atoms with E-state index in [0.717, 1.165) is 24.2 Å². The van der Waals surface area contributed by atoms with Crippen molar-refractivity contribution in [2.24, 2.45) is 0 Å². The zero-order chi connectivity index (χ0) is 21.8. The zero-order valence-electron chi connectivity index (χ0n) is 17.2. The van der Waals surface area contributed by atoms with Crippen LogP contribution in [0.15, 0.2) is 58.2 Å². The summed E-state index contributed by atoms with van der Waals surface area (Å²) in [5.74, 6) is 0.129. The monoisotopic (exact) mass is 437 g/mol. The lowest BCUT2D eigenvalue weighted by Gasteiger charge is -2.33. The van der Waals surface area contributed by atoms with Crippen LogP contribution in [-0.2, 0) is 16.4 Å². The van der Waals surface area contributed by atoms with Crippen molar-refractivity contribution in [3.05, 3.63) is 65.6 Å². The van der Waals surface area contributed by atoms with Crippen molar-refractivity contribution in [1.29, 1.82) is 5.26 Å². The molecule has 1 aliphatic heterocycles. The lowest BCUT2D eigenvalue weighted by atomic mass is 10.1. The average Bonchev–Trinajstić information content (AvgIpc) is 3.25. The van der Waals surface area contributed by atoms with Gasteiger partial charge in [-0.05, 0) is 31.2 Å². The maximum absolute atomic E-state index is 13.2. The molecule has 0 unspecified atom stereocenters. The van der Waals surface area contributed by atoms with E-state index >= 15 is 0 Å². The molecule has 1 fully saturated rings. The van der Waals surface area contributed by atoms with E-state index in [1.165, 1.54) is 4.31 Å². The molecule has 0 aliphatic carbocycles. The molecule has 1 saturated heterocycles. The predicted octanol–water partition coefficient (Wildman–Crippen LogP) is 2.47. The van der Waals surface area contributed by atoms with Crippen molar-refractivity contribution in [1.82, 2.24) is 19.2 Å². The Hall–Kier alpha value is -3.06. The minimum atomic E-state index is -3.95. The molecule has 9 heteroatoms. The number of nitriles is 1. The fourth-order valence-corrected chi connectivity index (χ4v) is 4.90. The van der Waals surface area contributed by atoms with Crippen LogP contribution in [0.4, 0.5) is 0 Å². The number of benzene rings is 1. The molecule has 0 radical (unpaired) electrons. The highest BCUT2D eigenvalue weighted by molar-refractivity contribution is 7.89. The van der Waals surface area contributed by atoms with E-state index < -0.39 is 10.0 Å². The summed E-state index contributed by atoms with van der Waals surface area (Å²) in [6.45, 7) is 4.63. The van der Waals surface area contributed by atoms with E-state index in [-0.39, 0.29) is 16.7 Å². The summed E-state index contributed by atoms with van der Waals surface area (Å²) in [6.07, 6.45) is 2.59. The van der Waals surface area contributed by atoms with E-state index in [4.69, 9.17) is 4.42 Å². The quantitative estimate of drug-likeness (QED) is 0.583. The molecule has 0 saturated carbocycles. The van der Waals surface area contributed by atoms with Gasteiger partial charge < -0.3 is 9.32 Å². The van der Waals surface area contributed by atoms with Gasteiger partial charge >= 0.3 is 0 Å². The van der Waals surface area contributed by atoms with Gasteiger partial charge in [0.1, 0.15) is 6.07 Å².